The van der Waals surface area contributed by atoms with E-state index in [-0.39, 0.29) is 0 Å². The molecule has 1 nitrogen and oxygen atoms in total. The molecule has 2 fully saturated rings. The molecule has 0 amide bonds. The molecule has 5 atom stereocenters. The van der Waals surface area contributed by atoms with Crippen molar-refractivity contribution in [3.63, 3.8) is 0 Å². The largest absolute Gasteiger partial charge is 0.198 e. The normalized spacial score (nSPS) is 54.5. The Bertz CT molecular complexity index is 203. The molecule has 0 saturated heterocycles. The van der Waals surface area contributed by atoms with Gasteiger partial charge in [0.2, 0.25) is 0 Å². The predicted octanol–water partition coefficient (Wildman–Crippen LogP) is 2.44. The van der Waals surface area contributed by atoms with Gasteiger partial charge in [-0.25, -0.2) is 0 Å². The molecule has 0 aliphatic heterocycles. The molecule has 2 saturated carbocycles. The van der Waals surface area contributed by atoms with E-state index in [0.717, 1.165) is 17.8 Å². The van der Waals surface area contributed by atoms with Crippen molar-refractivity contribution in [2.45, 2.75) is 26.7 Å². The highest BCUT2D eigenvalue weighted by Crippen LogP contribution is 2.54. The summed E-state index contributed by atoms with van der Waals surface area (Å²) in [5, 5.41) is 8.93. The minimum absolute atomic E-state index is 0.378. The van der Waals surface area contributed by atoms with Crippen molar-refractivity contribution >= 4 is 0 Å². The summed E-state index contributed by atoms with van der Waals surface area (Å²) in [6.07, 6.45) is 2.71. The van der Waals surface area contributed by atoms with E-state index < -0.39 is 0 Å². The summed E-state index contributed by atoms with van der Waals surface area (Å²) in [6.45, 7) is 4.56. The van der Waals surface area contributed by atoms with Gasteiger partial charge in [-0.2, -0.15) is 5.26 Å². The van der Waals surface area contributed by atoms with Crippen LogP contribution < -0.4 is 0 Å². The monoisotopic (exact) mass is 149 g/mol. The Kier molecular flexibility index (Phi) is 1.45. The van der Waals surface area contributed by atoms with E-state index in [9.17, 15) is 0 Å². The van der Waals surface area contributed by atoms with E-state index in [1.54, 1.807) is 0 Å². The highest BCUT2D eigenvalue weighted by atomic mass is 14.5. The predicted molar refractivity (Wildman–Crippen MR) is 43.6 cm³/mol. The van der Waals surface area contributed by atoms with Crippen molar-refractivity contribution < 1.29 is 0 Å². The number of fused-ring (bicyclic) bond motifs is 2. The maximum absolute atomic E-state index is 8.93. The van der Waals surface area contributed by atoms with Crippen molar-refractivity contribution in [2.75, 3.05) is 0 Å². The summed E-state index contributed by atoms with van der Waals surface area (Å²) >= 11 is 0. The lowest BCUT2D eigenvalue weighted by Gasteiger charge is -2.27. The zero-order valence-corrected chi connectivity index (χ0v) is 7.25. The third-order valence-corrected chi connectivity index (χ3v) is 3.90. The van der Waals surface area contributed by atoms with Gasteiger partial charge in [0.25, 0.3) is 0 Å². The van der Waals surface area contributed by atoms with Crippen molar-refractivity contribution in [1.82, 2.24) is 0 Å². The van der Waals surface area contributed by atoms with Gasteiger partial charge in [-0.15, -0.1) is 0 Å². The zero-order chi connectivity index (χ0) is 8.01. The van der Waals surface area contributed by atoms with Crippen LogP contribution in [0.1, 0.15) is 26.7 Å². The van der Waals surface area contributed by atoms with Gasteiger partial charge in [-0.1, -0.05) is 13.8 Å². The molecular weight excluding hydrogens is 134 g/mol. The molecule has 11 heavy (non-hydrogen) atoms. The number of rotatable bonds is 0. The van der Waals surface area contributed by atoms with E-state index in [1.165, 1.54) is 12.8 Å². The van der Waals surface area contributed by atoms with E-state index in [1.807, 2.05) is 0 Å². The third-order valence-electron chi connectivity index (χ3n) is 3.90. The second kappa shape index (κ2) is 2.24. The van der Waals surface area contributed by atoms with Crippen LogP contribution in [0, 0.1) is 40.9 Å². The molecular formula is C10H15N. The van der Waals surface area contributed by atoms with Crippen LogP contribution in [0.4, 0.5) is 0 Å². The lowest BCUT2D eigenvalue weighted by Crippen LogP contribution is -2.23. The smallest absolute Gasteiger partial charge is 0.0661 e. The molecule has 0 N–H and O–H groups in total. The molecule has 2 aliphatic rings. The molecule has 0 radical (unpaired) electrons. The summed E-state index contributed by atoms with van der Waals surface area (Å²) in [5.41, 5.74) is 0. The van der Waals surface area contributed by atoms with Gasteiger partial charge in [0.15, 0.2) is 0 Å². The first-order valence-corrected chi connectivity index (χ1v) is 4.63. The Morgan fingerprint density at radius 1 is 1.27 bits per heavy atom. The number of nitriles is 1. The first-order valence-electron chi connectivity index (χ1n) is 4.63. The summed E-state index contributed by atoms with van der Waals surface area (Å²) in [5.74, 6) is 3.49. The first kappa shape index (κ1) is 7.16. The Hall–Kier alpha value is -0.510. The second-order valence-electron chi connectivity index (χ2n) is 4.39. The van der Waals surface area contributed by atoms with Gasteiger partial charge in [0.05, 0.1) is 12.0 Å². The maximum Gasteiger partial charge on any atom is 0.0661 e. The number of hydrogen-bond donors (Lipinski definition) is 0. The van der Waals surface area contributed by atoms with Gasteiger partial charge < -0.3 is 0 Å². The fourth-order valence-electron chi connectivity index (χ4n) is 3.16. The molecule has 0 aromatic rings. The van der Waals surface area contributed by atoms with Crippen LogP contribution in [0.3, 0.4) is 0 Å². The van der Waals surface area contributed by atoms with E-state index in [4.69, 9.17) is 5.26 Å². The summed E-state index contributed by atoms with van der Waals surface area (Å²) < 4.78 is 0. The topological polar surface area (TPSA) is 23.8 Å². The van der Waals surface area contributed by atoms with Crippen LogP contribution in [-0.4, -0.2) is 0 Å². The quantitative estimate of drug-likeness (QED) is 0.519. The Morgan fingerprint density at radius 2 is 2.00 bits per heavy atom. The van der Waals surface area contributed by atoms with Crippen LogP contribution in [0.15, 0.2) is 0 Å². The van der Waals surface area contributed by atoms with Crippen LogP contribution in [0.2, 0.25) is 0 Å². The molecule has 0 heterocycles. The van der Waals surface area contributed by atoms with Crippen LogP contribution in [0.25, 0.3) is 0 Å². The Balaban J connectivity index is 2.21. The van der Waals surface area contributed by atoms with Crippen molar-refractivity contribution in [3.05, 3.63) is 0 Å². The van der Waals surface area contributed by atoms with Gasteiger partial charge >= 0.3 is 0 Å². The Labute approximate surface area is 68.4 Å². The van der Waals surface area contributed by atoms with E-state index >= 15 is 0 Å². The fraction of sp³-hybridized carbons (Fsp3) is 0.900. The lowest BCUT2D eigenvalue weighted by atomic mass is 9.76. The SMILES string of the molecule is C[C@@H]1[C@H]2C[C@H]([C@@H]1C#N)[C@@H](C)C2. The van der Waals surface area contributed by atoms with Crippen molar-refractivity contribution in [1.29, 1.82) is 5.26 Å². The van der Waals surface area contributed by atoms with E-state index in [0.29, 0.717) is 11.8 Å². The van der Waals surface area contributed by atoms with Crippen molar-refractivity contribution in [3.8, 4) is 6.07 Å². The summed E-state index contributed by atoms with van der Waals surface area (Å²) in [6, 6.07) is 2.48. The molecule has 1 heteroatoms. The minimum Gasteiger partial charge on any atom is -0.198 e. The first-order chi connectivity index (χ1) is 5.24. The molecule has 0 aromatic carbocycles. The highest BCUT2D eigenvalue weighted by Gasteiger charge is 2.48. The van der Waals surface area contributed by atoms with Gasteiger partial charge in [-0.3, -0.25) is 0 Å². The molecule has 2 rings (SSSR count). The van der Waals surface area contributed by atoms with Gasteiger partial charge in [0, 0.05) is 0 Å². The van der Waals surface area contributed by atoms with Crippen LogP contribution in [0.5, 0.6) is 0 Å². The third kappa shape index (κ3) is 0.819. The van der Waals surface area contributed by atoms with Crippen LogP contribution in [-0.2, 0) is 0 Å². The average Bonchev–Trinajstić information content (AvgIpc) is 2.45. The molecule has 0 spiro atoms. The molecule has 0 unspecified atom stereocenters. The highest BCUT2D eigenvalue weighted by molar-refractivity contribution is 5.05. The molecule has 2 bridgehead atoms. The number of hydrogen-bond acceptors (Lipinski definition) is 1. The molecule has 2 aliphatic carbocycles. The zero-order valence-electron chi connectivity index (χ0n) is 7.25. The van der Waals surface area contributed by atoms with Crippen molar-refractivity contribution in [2.24, 2.45) is 29.6 Å². The van der Waals surface area contributed by atoms with Gasteiger partial charge in [0.1, 0.15) is 0 Å². The maximum atomic E-state index is 8.93. The fourth-order valence-corrected chi connectivity index (χ4v) is 3.16. The summed E-state index contributed by atoms with van der Waals surface area (Å²) in [7, 11) is 0. The average molecular weight is 149 g/mol. The minimum atomic E-state index is 0.378. The molecule has 60 valence electrons. The van der Waals surface area contributed by atoms with Gasteiger partial charge in [-0.05, 0) is 36.5 Å². The lowest BCUT2D eigenvalue weighted by molar-refractivity contribution is 0.231. The number of nitrogens with zero attached hydrogens (tertiary/aromatic N) is 1. The second-order valence-corrected chi connectivity index (χ2v) is 4.39. The Morgan fingerprint density at radius 3 is 2.45 bits per heavy atom. The molecule has 0 aromatic heterocycles. The van der Waals surface area contributed by atoms with Crippen LogP contribution >= 0.6 is 0 Å². The van der Waals surface area contributed by atoms with E-state index in [2.05, 4.69) is 19.9 Å². The standard InChI is InChI=1S/C10H15N/c1-6-3-8-4-9(6)10(5-11)7(8)2/h6-10H,3-4H2,1-2H3/t6-,7+,8+,9-,10+/m0/s1. The summed E-state index contributed by atoms with van der Waals surface area (Å²) in [4.78, 5) is 0.